The molecule has 5 nitrogen and oxygen atoms in total. The minimum Gasteiger partial charge on any atom is -0.390 e. The van der Waals surface area contributed by atoms with Crippen LogP contribution in [0.3, 0.4) is 0 Å². The Kier molecular flexibility index (Phi) is 3.40. The van der Waals surface area contributed by atoms with Gasteiger partial charge in [0.2, 0.25) is 11.8 Å². The Hall–Kier alpha value is -0.940. The Morgan fingerprint density at radius 3 is 2.62 bits per heavy atom. The van der Waals surface area contributed by atoms with Crippen molar-refractivity contribution in [3.63, 3.8) is 0 Å². The van der Waals surface area contributed by atoms with E-state index in [0.29, 0.717) is 13.1 Å². The molecule has 0 spiro atoms. The highest BCUT2D eigenvalue weighted by Crippen LogP contribution is 2.16. The molecule has 0 atom stereocenters. The summed E-state index contributed by atoms with van der Waals surface area (Å²) in [5.41, 5.74) is -1.78. The number of carbonyl (C=O) groups excluding carboxylic acids is 2. The van der Waals surface area contributed by atoms with Gasteiger partial charge >= 0.3 is 0 Å². The van der Waals surface area contributed by atoms with Crippen molar-refractivity contribution in [1.82, 2.24) is 10.2 Å². The lowest BCUT2D eigenvalue weighted by atomic mass is 9.98. The van der Waals surface area contributed by atoms with Crippen molar-refractivity contribution < 1.29 is 14.7 Å². The normalized spacial score (nSPS) is 21.1. The van der Waals surface area contributed by atoms with Crippen LogP contribution in [-0.4, -0.2) is 46.1 Å². The molecule has 0 aromatic heterocycles. The number of amides is 2. The fourth-order valence-corrected chi connectivity index (χ4v) is 1.70. The molecule has 2 amide bonds. The standard InChI is InChI=1S/C11H20N2O3/c1-10(2,16)7-8(14)13-6-5-12-11(3,4)9(13)15/h12,16H,5-7H2,1-4H3. The lowest BCUT2D eigenvalue weighted by Crippen LogP contribution is -2.62. The molecular weight excluding hydrogens is 208 g/mol. The molecule has 0 aliphatic carbocycles. The number of nitrogens with one attached hydrogen (secondary N) is 1. The molecule has 0 aromatic rings. The predicted octanol–water partition coefficient (Wildman–Crippen LogP) is -0.116. The molecule has 1 aliphatic rings. The molecule has 1 saturated heterocycles. The fourth-order valence-electron chi connectivity index (χ4n) is 1.70. The van der Waals surface area contributed by atoms with E-state index < -0.39 is 11.1 Å². The van der Waals surface area contributed by atoms with Gasteiger partial charge in [-0.05, 0) is 27.7 Å². The molecule has 2 N–H and O–H groups in total. The first kappa shape index (κ1) is 13.1. The molecule has 16 heavy (non-hydrogen) atoms. The van der Waals surface area contributed by atoms with Crippen molar-refractivity contribution in [3.8, 4) is 0 Å². The third kappa shape index (κ3) is 3.02. The van der Waals surface area contributed by atoms with Crippen LogP contribution in [0.15, 0.2) is 0 Å². The lowest BCUT2D eigenvalue weighted by Gasteiger charge is -2.37. The number of aliphatic hydroxyl groups is 1. The molecule has 0 aromatic carbocycles. The first-order valence-corrected chi connectivity index (χ1v) is 5.46. The molecule has 0 bridgehead atoms. The monoisotopic (exact) mass is 228 g/mol. The van der Waals surface area contributed by atoms with Crippen LogP contribution in [0.1, 0.15) is 34.1 Å². The number of hydrogen-bond donors (Lipinski definition) is 2. The molecule has 5 heteroatoms. The highest BCUT2D eigenvalue weighted by atomic mass is 16.3. The number of rotatable bonds is 2. The summed E-state index contributed by atoms with van der Waals surface area (Å²) in [4.78, 5) is 25.0. The Morgan fingerprint density at radius 1 is 1.56 bits per heavy atom. The van der Waals surface area contributed by atoms with E-state index >= 15 is 0 Å². The van der Waals surface area contributed by atoms with E-state index in [2.05, 4.69) is 5.32 Å². The number of nitrogens with zero attached hydrogens (tertiary/aromatic N) is 1. The third-order valence-electron chi connectivity index (χ3n) is 2.57. The molecular formula is C11H20N2O3. The second-order valence-corrected chi connectivity index (χ2v) is 5.39. The molecule has 1 rings (SSSR count). The number of carbonyl (C=O) groups is 2. The van der Waals surface area contributed by atoms with Gasteiger partial charge < -0.3 is 10.4 Å². The summed E-state index contributed by atoms with van der Waals surface area (Å²) in [5.74, 6) is -0.542. The van der Waals surface area contributed by atoms with E-state index in [-0.39, 0.29) is 18.2 Å². The van der Waals surface area contributed by atoms with E-state index in [9.17, 15) is 14.7 Å². The summed E-state index contributed by atoms with van der Waals surface area (Å²) in [6.45, 7) is 7.58. The van der Waals surface area contributed by atoms with Gasteiger partial charge in [-0.2, -0.15) is 0 Å². The Balaban J connectivity index is 2.73. The minimum absolute atomic E-state index is 0.0329. The zero-order chi connectivity index (χ0) is 12.6. The minimum atomic E-state index is -1.08. The highest BCUT2D eigenvalue weighted by molar-refractivity contribution is 6.00. The largest absolute Gasteiger partial charge is 0.390 e. The highest BCUT2D eigenvalue weighted by Gasteiger charge is 2.39. The summed E-state index contributed by atoms with van der Waals surface area (Å²) in [6.07, 6.45) is -0.0329. The topological polar surface area (TPSA) is 69.6 Å². The van der Waals surface area contributed by atoms with Gasteiger partial charge in [-0.3, -0.25) is 14.5 Å². The number of hydrogen-bond acceptors (Lipinski definition) is 4. The van der Waals surface area contributed by atoms with Gasteiger partial charge in [0.05, 0.1) is 17.6 Å². The van der Waals surface area contributed by atoms with Crippen LogP contribution in [0.5, 0.6) is 0 Å². The predicted molar refractivity (Wildman–Crippen MR) is 59.7 cm³/mol. The quantitative estimate of drug-likeness (QED) is 0.691. The Labute approximate surface area is 95.8 Å². The molecule has 0 unspecified atom stereocenters. The summed E-state index contributed by atoms with van der Waals surface area (Å²) in [7, 11) is 0. The van der Waals surface area contributed by atoms with Gasteiger partial charge in [-0.25, -0.2) is 0 Å². The van der Waals surface area contributed by atoms with Crippen LogP contribution < -0.4 is 5.32 Å². The first-order chi connectivity index (χ1) is 7.13. The Bertz CT molecular complexity index is 305. The number of piperazine rings is 1. The maximum atomic E-state index is 11.9. The average molecular weight is 228 g/mol. The van der Waals surface area contributed by atoms with E-state index in [1.165, 1.54) is 4.90 Å². The SMILES string of the molecule is CC(C)(O)CC(=O)N1CCNC(C)(C)C1=O. The molecule has 1 fully saturated rings. The lowest BCUT2D eigenvalue weighted by molar-refractivity contribution is -0.152. The van der Waals surface area contributed by atoms with Crippen molar-refractivity contribution in [2.75, 3.05) is 13.1 Å². The fraction of sp³-hybridized carbons (Fsp3) is 0.818. The Morgan fingerprint density at radius 2 is 2.12 bits per heavy atom. The van der Waals surface area contributed by atoms with Crippen molar-refractivity contribution in [3.05, 3.63) is 0 Å². The van der Waals surface area contributed by atoms with Gasteiger partial charge in [0.1, 0.15) is 0 Å². The van der Waals surface area contributed by atoms with E-state index in [1.807, 2.05) is 0 Å². The van der Waals surface area contributed by atoms with Crippen molar-refractivity contribution in [2.45, 2.75) is 45.3 Å². The third-order valence-corrected chi connectivity index (χ3v) is 2.57. The van der Waals surface area contributed by atoms with Crippen LogP contribution >= 0.6 is 0 Å². The summed E-state index contributed by atoms with van der Waals surface area (Å²) in [6, 6.07) is 0. The van der Waals surface area contributed by atoms with Crippen LogP contribution in [0.25, 0.3) is 0 Å². The zero-order valence-corrected chi connectivity index (χ0v) is 10.3. The molecule has 0 saturated carbocycles. The van der Waals surface area contributed by atoms with E-state index in [1.54, 1.807) is 27.7 Å². The second kappa shape index (κ2) is 4.14. The summed E-state index contributed by atoms with van der Waals surface area (Å²) < 4.78 is 0. The smallest absolute Gasteiger partial charge is 0.248 e. The molecule has 92 valence electrons. The van der Waals surface area contributed by atoms with E-state index in [0.717, 1.165) is 0 Å². The molecule has 1 aliphatic heterocycles. The molecule has 0 radical (unpaired) electrons. The second-order valence-electron chi connectivity index (χ2n) is 5.39. The van der Waals surface area contributed by atoms with Crippen LogP contribution in [0, 0.1) is 0 Å². The van der Waals surface area contributed by atoms with Gasteiger partial charge in [-0.15, -0.1) is 0 Å². The van der Waals surface area contributed by atoms with Gasteiger partial charge in [0.25, 0.3) is 0 Å². The summed E-state index contributed by atoms with van der Waals surface area (Å²) >= 11 is 0. The van der Waals surface area contributed by atoms with Gasteiger partial charge in [0.15, 0.2) is 0 Å². The van der Waals surface area contributed by atoms with Crippen LogP contribution in [-0.2, 0) is 9.59 Å². The summed E-state index contributed by atoms with van der Waals surface area (Å²) in [5, 5.41) is 12.6. The maximum Gasteiger partial charge on any atom is 0.248 e. The van der Waals surface area contributed by atoms with Crippen LogP contribution in [0.4, 0.5) is 0 Å². The average Bonchev–Trinajstić information content (AvgIpc) is 2.06. The zero-order valence-electron chi connectivity index (χ0n) is 10.3. The van der Waals surface area contributed by atoms with E-state index in [4.69, 9.17) is 0 Å². The van der Waals surface area contributed by atoms with Crippen LogP contribution in [0.2, 0.25) is 0 Å². The maximum absolute atomic E-state index is 11.9. The first-order valence-electron chi connectivity index (χ1n) is 5.46. The van der Waals surface area contributed by atoms with Gasteiger partial charge in [-0.1, -0.05) is 0 Å². The van der Waals surface area contributed by atoms with Crippen molar-refractivity contribution >= 4 is 11.8 Å². The van der Waals surface area contributed by atoms with Gasteiger partial charge in [0, 0.05) is 13.1 Å². The molecule has 1 heterocycles. The van der Waals surface area contributed by atoms with Crippen molar-refractivity contribution in [2.24, 2.45) is 0 Å². The van der Waals surface area contributed by atoms with Crippen molar-refractivity contribution in [1.29, 1.82) is 0 Å². The number of imide groups is 1.